The van der Waals surface area contributed by atoms with Gasteiger partial charge in [0.2, 0.25) is 0 Å². The number of unbranched alkanes of at least 4 members (excludes halogenated alkanes) is 1. The number of rotatable bonds is 8. The fourth-order valence-corrected chi connectivity index (χ4v) is 4.68. The number of carbonyl (C=O) groups excluding carboxylic acids is 2. The molecule has 3 aromatic carbocycles. The van der Waals surface area contributed by atoms with E-state index in [0.717, 1.165) is 12.8 Å². The molecule has 0 aromatic heterocycles. The van der Waals surface area contributed by atoms with Gasteiger partial charge in [0.15, 0.2) is 14.7 Å². The summed E-state index contributed by atoms with van der Waals surface area (Å²) in [5, 5.41) is 9.83. The van der Waals surface area contributed by atoms with E-state index in [1.54, 1.807) is 0 Å². The minimum Gasteiger partial charge on any atom is -0.550 e. The summed E-state index contributed by atoms with van der Waals surface area (Å²) < 4.78 is 4.53. The van der Waals surface area contributed by atoms with Crippen molar-refractivity contribution in [1.29, 1.82) is 0 Å². The molecule has 0 unspecified atom stereocenters. The van der Waals surface area contributed by atoms with Crippen LogP contribution in [0.4, 0.5) is 0 Å². The third kappa shape index (κ3) is 8.13. The van der Waals surface area contributed by atoms with Crippen LogP contribution < -0.4 is 5.11 Å². The van der Waals surface area contributed by atoms with Crippen molar-refractivity contribution < 1.29 is 19.4 Å². The Morgan fingerprint density at radius 2 is 1.17 bits per heavy atom. The van der Waals surface area contributed by atoms with Gasteiger partial charge in [-0.2, -0.15) is 0 Å². The number of carboxylic acid groups (broad SMARTS) is 1. The molecule has 0 N–H and O–H groups in total. The van der Waals surface area contributed by atoms with Gasteiger partial charge in [-0.25, -0.2) is 0 Å². The van der Waals surface area contributed by atoms with Crippen LogP contribution in [-0.2, 0) is 25.2 Å². The average Bonchev–Trinajstić information content (AvgIpc) is 2.76. The molecule has 0 aliphatic carbocycles. The standard InChI is InChI=1S/C18H15S.C7H12O4/c1-4-10-16(11-5-1)19(17-12-6-2-7-13-17)18-14-8-3-9-15-18;1-2-3-4-11-7(10)5-6(8)9/h1-15H;2-5H2,1H3,(H,8,9)/q+1;/p-1. The predicted molar refractivity (Wildman–Crippen MR) is 117 cm³/mol. The highest BCUT2D eigenvalue weighted by Crippen LogP contribution is 2.30. The first-order valence-electron chi connectivity index (χ1n) is 9.86. The molecular weight excluding hydrogens is 396 g/mol. The molecule has 5 heteroatoms. The number of esters is 1. The Morgan fingerprint density at radius 3 is 1.50 bits per heavy atom. The Hall–Kier alpha value is -3.05. The zero-order valence-electron chi connectivity index (χ0n) is 17.0. The molecule has 0 heterocycles. The molecular formula is C25H26O4S. The monoisotopic (exact) mass is 422 g/mol. The lowest BCUT2D eigenvalue weighted by Crippen LogP contribution is -2.26. The Kier molecular flexibility index (Phi) is 10.2. The molecule has 0 radical (unpaired) electrons. The molecule has 0 aliphatic heterocycles. The van der Waals surface area contributed by atoms with Crippen molar-refractivity contribution in [3.63, 3.8) is 0 Å². The van der Waals surface area contributed by atoms with Crippen molar-refractivity contribution >= 4 is 22.8 Å². The summed E-state index contributed by atoms with van der Waals surface area (Å²) in [5.74, 6) is -2.12. The number of hydrogen-bond acceptors (Lipinski definition) is 4. The fraction of sp³-hybridized carbons (Fsp3) is 0.200. The first-order chi connectivity index (χ1) is 14.6. The molecule has 3 aromatic rings. The summed E-state index contributed by atoms with van der Waals surface area (Å²) in [4.78, 5) is 24.4. The van der Waals surface area contributed by atoms with E-state index in [0.29, 0.717) is 6.61 Å². The van der Waals surface area contributed by atoms with E-state index in [9.17, 15) is 14.7 Å². The van der Waals surface area contributed by atoms with Gasteiger partial charge in [-0.1, -0.05) is 67.9 Å². The molecule has 3 rings (SSSR count). The summed E-state index contributed by atoms with van der Waals surface area (Å²) in [5.41, 5.74) is 0. The first-order valence-corrected chi connectivity index (χ1v) is 11.1. The second kappa shape index (κ2) is 13.2. The highest BCUT2D eigenvalue weighted by atomic mass is 32.2. The predicted octanol–water partition coefficient (Wildman–Crippen LogP) is 4.25. The number of benzene rings is 3. The average molecular weight is 423 g/mol. The van der Waals surface area contributed by atoms with Crippen molar-refractivity contribution in [2.75, 3.05) is 6.61 Å². The number of aliphatic carboxylic acids is 1. The van der Waals surface area contributed by atoms with Gasteiger partial charge in [-0.3, -0.25) is 4.79 Å². The molecule has 0 saturated heterocycles. The van der Waals surface area contributed by atoms with Gasteiger partial charge in [-0.15, -0.1) is 0 Å². The molecule has 0 amide bonds. The van der Waals surface area contributed by atoms with Gasteiger partial charge in [0, 0.05) is 0 Å². The van der Waals surface area contributed by atoms with E-state index in [1.807, 2.05) is 6.92 Å². The van der Waals surface area contributed by atoms with Crippen LogP contribution in [0.25, 0.3) is 0 Å². The van der Waals surface area contributed by atoms with E-state index in [1.165, 1.54) is 14.7 Å². The minimum atomic E-state index is -1.40. The summed E-state index contributed by atoms with van der Waals surface area (Å²) in [6.07, 6.45) is 1.03. The van der Waals surface area contributed by atoms with Crippen LogP contribution >= 0.6 is 0 Å². The van der Waals surface area contributed by atoms with E-state index in [2.05, 4.69) is 95.7 Å². The molecule has 156 valence electrons. The van der Waals surface area contributed by atoms with Crippen molar-refractivity contribution in [2.24, 2.45) is 0 Å². The van der Waals surface area contributed by atoms with Crippen molar-refractivity contribution in [2.45, 2.75) is 40.9 Å². The first kappa shape index (κ1) is 23.2. The van der Waals surface area contributed by atoms with Crippen LogP contribution in [0.1, 0.15) is 26.2 Å². The van der Waals surface area contributed by atoms with Gasteiger partial charge in [0.1, 0.15) is 0 Å². The lowest BCUT2D eigenvalue weighted by molar-refractivity contribution is -0.305. The second-order valence-electron chi connectivity index (χ2n) is 6.37. The Labute approximate surface area is 180 Å². The number of carboxylic acids is 1. The summed E-state index contributed by atoms with van der Waals surface area (Å²) in [6.45, 7) is 2.25. The molecule has 0 fully saturated rings. The lowest BCUT2D eigenvalue weighted by atomic mass is 10.3. The summed E-state index contributed by atoms with van der Waals surface area (Å²) in [7, 11) is -0.0146. The zero-order chi connectivity index (χ0) is 21.6. The van der Waals surface area contributed by atoms with Crippen LogP contribution in [0.2, 0.25) is 0 Å². The fourth-order valence-electron chi connectivity index (χ4n) is 2.58. The smallest absolute Gasteiger partial charge is 0.311 e. The van der Waals surface area contributed by atoms with Crippen molar-refractivity contribution in [3.05, 3.63) is 91.0 Å². The van der Waals surface area contributed by atoms with Crippen molar-refractivity contribution in [1.82, 2.24) is 0 Å². The maximum absolute atomic E-state index is 10.5. The van der Waals surface area contributed by atoms with Crippen LogP contribution in [0.3, 0.4) is 0 Å². The summed E-state index contributed by atoms with van der Waals surface area (Å²) in [6, 6.07) is 32.2. The number of hydrogen-bond donors (Lipinski definition) is 0. The van der Waals surface area contributed by atoms with Gasteiger partial charge >= 0.3 is 5.97 Å². The van der Waals surface area contributed by atoms with Gasteiger partial charge in [0.25, 0.3) is 0 Å². The maximum atomic E-state index is 10.5. The third-order valence-electron chi connectivity index (χ3n) is 3.99. The lowest BCUT2D eigenvalue weighted by Gasteiger charge is -2.07. The zero-order valence-corrected chi connectivity index (χ0v) is 17.8. The third-order valence-corrected chi connectivity index (χ3v) is 6.22. The molecule has 0 atom stereocenters. The number of carbonyl (C=O) groups is 2. The van der Waals surface area contributed by atoms with E-state index < -0.39 is 18.4 Å². The van der Waals surface area contributed by atoms with Gasteiger partial charge in [-0.05, 0) is 42.8 Å². The number of ether oxygens (including phenoxy) is 1. The van der Waals surface area contributed by atoms with Crippen LogP contribution in [0.15, 0.2) is 106 Å². The van der Waals surface area contributed by atoms with E-state index in [4.69, 9.17) is 0 Å². The molecule has 30 heavy (non-hydrogen) atoms. The normalized spacial score (nSPS) is 10.1. The highest BCUT2D eigenvalue weighted by Gasteiger charge is 2.27. The largest absolute Gasteiger partial charge is 0.550 e. The van der Waals surface area contributed by atoms with Crippen LogP contribution in [0.5, 0.6) is 0 Å². The van der Waals surface area contributed by atoms with Gasteiger partial charge in [0.05, 0.1) is 29.9 Å². The summed E-state index contributed by atoms with van der Waals surface area (Å²) >= 11 is 0. The van der Waals surface area contributed by atoms with Crippen LogP contribution in [-0.4, -0.2) is 18.5 Å². The van der Waals surface area contributed by atoms with Gasteiger partial charge < -0.3 is 14.6 Å². The Balaban J connectivity index is 0.000000252. The minimum absolute atomic E-state index is 0.0146. The maximum Gasteiger partial charge on any atom is 0.311 e. The topological polar surface area (TPSA) is 66.4 Å². The molecule has 0 spiro atoms. The van der Waals surface area contributed by atoms with E-state index >= 15 is 0 Å². The Morgan fingerprint density at radius 1 is 0.767 bits per heavy atom. The second-order valence-corrected chi connectivity index (χ2v) is 8.39. The molecule has 4 nitrogen and oxygen atoms in total. The Bertz CT molecular complexity index is 789. The SMILES string of the molecule is CCCCOC(=O)CC(=O)[O-].c1ccc([S+](c2ccccc2)c2ccccc2)cc1. The van der Waals surface area contributed by atoms with Crippen LogP contribution in [0, 0.1) is 0 Å². The molecule has 0 saturated carbocycles. The van der Waals surface area contributed by atoms with E-state index in [-0.39, 0.29) is 10.9 Å². The van der Waals surface area contributed by atoms with Crippen molar-refractivity contribution in [3.8, 4) is 0 Å². The quantitative estimate of drug-likeness (QED) is 0.236. The highest BCUT2D eigenvalue weighted by molar-refractivity contribution is 7.97. The molecule has 0 bridgehead atoms. The molecule has 0 aliphatic rings.